The van der Waals surface area contributed by atoms with Crippen LogP contribution in [0, 0.1) is 5.92 Å². The summed E-state index contributed by atoms with van der Waals surface area (Å²) in [6.45, 7) is 2.22. The van der Waals surface area contributed by atoms with Crippen LogP contribution in [0.2, 0.25) is 0 Å². The Hall–Kier alpha value is -0.120. The van der Waals surface area contributed by atoms with Crippen molar-refractivity contribution in [2.45, 2.75) is 70.4 Å². The largest absolute Gasteiger partial charge is 0.379 e. The maximum absolute atomic E-state index is 5.70. The SMILES string of the molecule is CCCCC(NN)C(OC)C1CCCCC1. The molecule has 1 aliphatic rings. The van der Waals surface area contributed by atoms with Gasteiger partial charge in [-0.15, -0.1) is 0 Å². The fourth-order valence-electron chi connectivity index (χ4n) is 2.91. The van der Waals surface area contributed by atoms with E-state index in [0.29, 0.717) is 18.1 Å². The lowest BCUT2D eigenvalue weighted by Crippen LogP contribution is -2.48. The van der Waals surface area contributed by atoms with Gasteiger partial charge in [0.25, 0.3) is 0 Å². The van der Waals surface area contributed by atoms with E-state index in [1.54, 1.807) is 0 Å². The van der Waals surface area contributed by atoms with Gasteiger partial charge in [0.05, 0.1) is 6.10 Å². The van der Waals surface area contributed by atoms with E-state index in [1.807, 2.05) is 7.11 Å². The number of nitrogens with two attached hydrogens (primary N) is 1. The Morgan fingerprint density at radius 2 is 2.00 bits per heavy atom. The first-order valence-corrected chi connectivity index (χ1v) is 6.82. The highest BCUT2D eigenvalue weighted by Crippen LogP contribution is 2.30. The zero-order valence-corrected chi connectivity index (χ0v) is 10.9. The molecule has 2 unspecified atom stereocenters. The molecule has 0 bridgehead atoms. The molecule has 0 saturated heterocycles. The van der Waals surface area contributed by atoms with E-state index in [-0.39, 0.29) is 0 Å². The van der Waals surface area contributed by atoms with Crippen LogP contribution in [0.1, 0.15) is 58.3 Å². The van der Waals surface area contributed by atoms with Crippen molar-refractivity contribution in [3.63, 3.8) is 0 Å². The van der Waals surface area contributed by atoms with Gasteiger partial charge in [0.15, 0.2) is 0 Å². The number of rotatable bonds is 7. The molecule has 1 fully saturated rings. The molecule has 0 aromatic carbocycles. The fourth-order valence-corrected chi connectivity index (χ4v) is 2.91. The lowest BCUT2D eigenvalue weighted by Gasteiger charge is -2.34. The molecule has 0 aromatic rings. The van der Waals surface area contributed by atoms with Gasteiger partial charge in [-0.1, -0.05) is 39.0 Å². The summed E-state index contributed by atoms with van der Waals surface area (Å²) in [5, 5.41) is 0. The van der Waals surface area contributed by atoms with Crippen LogP contribution >= 0.6 is 0 Å². The summed E-state index contributed by atoms with van der Waals surface area (Å²) in [5.74, 6) is 6.37. The summed E-state index contributed by atoms with van der Waals surface area (Å²) in [7, 11) is 1.83. The fraction of sp³-hybridized carbons (Fsp3) is 1.00. The molecule has 0 spiro atoms. The Morgan fingerprint density at radius 1 is 1.31 bits per heavy atom. The van der Waals surface area contributed by atoms with Crippen LogP contribution in [-0.4, -0.2) is 19.3 Å². The number of methoxy groups -OCH3 is 1. The third-order valence-electron chi connectivity index (χ3n) is 3.87. The Morgan fingerprint density at radius 3 is 2.50 bits per heavy atom. The minimum absolute atomic E-state index is 0.303. The lowest BCUT2D eigenvalue weighted by atomic mass is 9.81. The van der Waals surface area contributed by atoms with Crippen molar-refractivity contribution in [3.05, 3.63) is 0 Å². The molecule has 16 heavy (non-hydrogen) atoms. The minimum atomic E-state index is 0.303. The highest BCUT2D eigenvalue weighted by molar-refractivity contribution is 4.83. The first-order valence-electron chi connectivity index (χ1n) is 6.82. The smallest absolute Gasteiger partial charge is 0.0765 e. The molecule has 1 aliphatic carbocycles. The predicted octanol–water partition coefficient (Wildman–Crippen LogP) is 2.60. The zero-order chi connectivity index (χ0) is 11.8. The van der Waals surface area contributed by atoms with Gasteiger partial charge in [-0.05, 0) is 25.2 Å². The molecule has 0 aromatic heterocycles. The Labute approximate surface area is 100 Å². The van der Waals surface area contributed by atoms with Crippen LogP contribution in [0.4, 0.5) is 0 Å². The van der Waals surface area contributed by atoms with E-state index in [2.05, 4.69) is 12.3 Å². The highest BCUT2D eigenvalue weighted by atomic mass is 16.5. The van der Waals surface area contributed by atoms with Crippen molar-refractivity contribution in [2.75, 3.05) is 7.11 Å². The van der Waals surface area contributed by atoms with Crippen LogP contribution in [-0.2, 0) is 4.74 Å². The molecular formula is C13H28N2O. The van der Waals surface area contributed by atoms with Crippen LogP contribution < -0.4 is 11.3 Å². The number of ether oxygens (including phenoxy) is 1. The summed E-state index contributed by atoms with van der Waals surface area (Å²) in [5.41, 5.74) is 2.96. The molecule has 2 atom stereocenters. The minimum Gasteiger partial charge on any atom is -0.379 e. The summed E-state index contributed by atoms with van der Waals surface area (Å²) in [6.07, 6.45) is 10.6. The van der Waals surface area contributed by atoms with Gasteiger partial charge in [0.1, 0.15) is 0 Å². The molecule has 96 valence electrons. The predicted molar refractivity (Wildman–Crippen MR) is 68.0 cm³/mol. The van der Waals surface area contributed by atoms with Gasteiger partial charge >= 0.3 is 0 Å². The van der Waals surface area contributed by atoms with Crippen molar-refractivity contribution in [2.24, 2.45) is 11.8 Å². The molecule has 0 amide bonds. The van der Waals surface area contributed by atoms with Crippen molar-refractivity contribution in [1.29, 1.82) is 0 Å². The van der Waals surface area contributed by atoms with Gasteiger partial charge in [0, 0.05) is 13.2 Å². The zero-order valence-electron chi connectivity index (χ0n) is 10.9. The van der Waals surface area contributed by atoms with Crippen molar-refractivity contribution in [3.8, 4) is 0 Å². The number of unbranched alkanes of at least 4 members (excludes halogenated alkanes) is 1. The van der Waals surface area contributed by atoms with Crippen LogP contribution in [0.3, 0.4) is 0 Å². The van der Waals surface area contributed by atoms with E-state index in [4.69, 9.17) is 10.6 Å². The topological polar surface area (TPSA) is 47.3 Å². The van der Waals surface area contributed by atoms with Crippen molar-refractivity contribution in [1.82, 2.24) is 5.43 Å². The summed E-state index contributed by atoms with van der Waals surface area (Å²) in [6, 6.07) is 0.327. The molecule has 0 aliphatic heterocycles. The summed E-state index contributed by atoms with van der Waals surface area (Å²) in [4.78, 5) is 0. The highest BCUT2D eigenvalue weighted by Gasteiger charge is 2.29. The maximum Gasteiger partial charge on any atom is 0.0765 e. The van der Waals surface area contributed by atoms with Crippen molar-refractivity contribution >= 4 is 0 Å². The molecule has 3 heteroatoms. The number of hydrogen-bond acceptors (Lipinski definition) is 3. The van der Waals surface area contributed by atoms with E-state index < -0.39 is 0 Å². The average molecular weight is 228 g/mol. The average Bonchev–Trinajstić information content (AvgIpc) is 2.35. The van der Waals surface area contributed by atoms with E-state index in [0.717, 1.165) is 6.42 Å². The second-order valence-corrected chi connectivity index (χ2v) is 5.01. The van der Waals surface area contributed by atoms with Gasteiger partial charge in [0.2, 0.25) is 0 Å². The number of hydrazine groups is 1. The Bertz CT molecular complexity index is 169. The standard InChI is InChI=1S/C13H28N2O/c1-3-4-10-12(15-14)13(16-2)11-8-6-5-7-9-11/h11-13,15H,3-10,14H2,1-2H3. The van der Waals surface area contributed by atoms with Crippen LogP contribution in [0.25, 0.3) is 0 Å². The van der Waals surface area contributed by atoms with Gasteiger partial charge in [-0.3, -0.25) is 11.3 Å². The second kappa shape index (κ2) is 8.04. The third kappa shape index (κ3) is 4.04. The summed E-state index contributed by atoms with van der Waals surface area (Å²) < 4.78 is 5.70. The normalized spacial score (nSPS) is 21.9. The Balaban J connectivity index is 2.47. The van der Waals surface area contributed by atoms with E-state index >= 15 is 0 Å². The van der Waals surface area contributed by atoms with Gasteiger partial charge < -0.3 is 4.74 Å². The second-order valence-electron chi connectivity index (χ2n) is 5.01. The first-order chi connectivity index (χ1) is 7.83. The summed E-state index contributed by atoms with van der Waals surface area (Å²) >= 11 is 0. The maximum atomic E-state index is 5.70. The molecule has 1 rings (SSSR count). The molecule has 3 N–H and O–H groups in total. The first kappa shape index (κ1) is 13.9. The molecule has 0 radical (unpaired) electrons. The van der Waals surface area contributed by atoms with Crippen molar-refractivity contribution < 1.29 is 4.74 Å². The van der Waals surface area contributed by atoms with Crippen LogP contribution in [0.5, 0.6) is 0 Å². The van der Waals surface area contributed by atoms with Gasteiger partial charge in [-0.2, -0.15) is 0 Å². The van der Waals surface area contributed by atoms with E-state index in [9.17, 15) is 0 Å². The molecule has 1 saturated carbocycles. The van der Waals surface area contributed by atoms with E-state index in [1.165, 1.54) is 44.9 Å². The third-order valence-corrected chi connectivity index (χ3v) is 3.87. The van der Waals surface area contributed by atoms with Gasteiger partial charge in [-0.25, -0.2) is 0 Å². The molecule has 3 nitrogen and oxygen atoms in total. The number of nitrogens with one attached hydrogen (secondary N) is 1. The molecular weight excluding hydrogens is 200 g/mol. The van der Waals surface area contributed by atoms with Crippen LogP contribution in [0.15, 0.2) is 0 Å². The Kier molecular flexibility index (Phi) is 7.01. The molecule has 0 heterocycles. The lowest BCUT2D eigenvalue weighted by molar-refractivity contribution is 0.00557. The number of hydrogen-bond donors (Lipinski definition) is 2. The monoisotopic (exact) mass is 228 g/mol. The quantitative estimate of drug-likeness (QED) is 0.520.